The van der Waals surface area contributed by atoms with E-state index in [-0.39, 0.29) is 12.1 Å². The Hall–Kier alpha value is -2.41. The second-order valence-electron chi connectivity index (χ2n) is 5.77. The summed E-state index contributed by atoms with van der Waals surface area (Å²) in [6, 6.07) is 5.41. The summed E-state index contributed by atoms with van der Waals surface area (Å²) in [6.45, 7) is 6.18. The lowest BCUT2D eigenvalue weighted by Crippen LogP contribution is -2.48. The number of nitrogens with one attached hydrogen (secondary N) is 1. The van der Waals surface area contributed by atoms with Gasteiger partial charge in [-0.15, -0.1) is 0 Å². The molecule has 0 spiro atoms. The molecule has 0 aromatic carbocycles. The van der Waals surface area contributed by atoms with Crippen molar-refractivity contribution in [2.45, 2.75) is 26.5 Å². The van der Waals surface area contributed by atoms with Crippen LogP contribution in [0.15, 0.2) is 30.6 Å². The molecule has 1 atom stereocenters. The van der Waals surface area contributed by atoms with E-state index in [2.05, 4.69) is 15.4 Å². The van der Waals surface area contributed by atoms with Crippen molar-refractivity contribution in [3.63, 3.8) is 0 Å². The molecule has 0 aliphatic carbocycles. The van der Waals surface area contributed by atoms with Gasteiger partial charge in [-0.2, -0.15) is 5.10 Å². The summed E-state index contributed by atoms with van der Waals surface area (Å²) < 4.78 is 7.59. The normalized spacial score (nSPS) is 18.0. The summed E-state index contributed by atoms with van der Waals surface area (Å²) in [6.07, 6.45) is 3.73. The summed E-state index contributed by atoms with van der Waals surface area (Å²) in [5.41, 5.74) is 1.98. The van der Waals surface area contributed by atoms with Crippen molar-refractivity contribution in [3.05, 3.63) is 41.9 Å². The van der Waals surface area contributed by atoms with E-state index in [0.29, 0.717) is 32.1 Å². The quantitative estimate of drug-likeness (QED) is 0.938. The molecule has 1 aliphatic rings. The highest BCUT2D eigenvalue weighted by Crippen LogP contribution is 2.11. The van der Waals surface area contributed by atoms with E-state index < -0.39 is 0 Å². The number of urea groups is 1. The number of hydrogen-bond acceptors (Lipinski definition) is 4. The van der Waals surface area contributed by atoms with Gasteiger partial charge in [0.2, 0.25) is 0 Å². The topological polar surface area (TPSA) is 72.3 Å². The second-order valence-corrected chi connectivity index (χ2v) is 5.77. The zero-order chi connectivity index (χ0) is 16.2. The average molecular weight is 315 g/mol. The number of anilines is 1. The lowest BCUT2D eigenvalue weighted by molar-refractivity contribution is -0.0220. The summed E-state index contributed by atoms with van der Waals surface area (Å²) >= 11 is 0. The molecule has 23 heavy (non-hydrogen) atoms. The van der Waals surface area contributed by atoms with Crippen LogP contribution < -0.4 is 5.32 Å². The Bertz CT molecular complexity index is 685. The van der Waals surface area contributed by atoms with Crippen LogP contribution in [0, 0.1) is 13.8 Å². The first-order valence-corrected chi connectivity index (χ1v) is 7.70. The monoisotopic (exact) mass is 315 g/mol. The number of pyridine rings is 1. The highest BCUT2D eigenvalue weighted by Gasteiger charge is 2.25. The minimum Gasteiger partial charge on any atom is -0.373 e. The fourth-order valence-electron chi connectivity index (χ4n) is 2.59. The summed E-state index contributed by atoms with van der Waals surface area (Å²) in [7, 11) is 0. The van der Waals surface area contributed by atoms with Crippen molar-refractivity contribution in [3.8, 4) is 0 Å². The van der Waals surface area contributed by atoms with Crippen LogP contribution in [-0.2, 0) is 11.3 Å². The molecule has 2 amide bonds. The molecule has 7 heteroatoms. The van der Waals surface area contributed by atoms with E-state index in [1.807, 2.05) is 43.1 Å². The van der Waals surface area contributed by atoms with Crippen LogP contribution >= 0.6 is 0 Å². The molecule has 2 aromatic rings. The smallest absolute Gasteiger partial charge is 0.323 e. The predicted octanol–water partition coefficient (Wildman–Crippen LogP) is 1.83. The standard InChI is InChI=1S/C16H21N5O2/c1-12-8-17-21(9-12)11-14-10-20(6-7-23-14)16(22)19-15-5-3-4-13(2)18-15/h3-5,8-9,14H,6-7,10-11H2,1-2H3,(H,18,19,22)/t14-/m1/s1. The molecule has 122 valence electrons. The van der Waals surface area contributed by atoms with E-state index in [1.165, 1.54) is 0 Å². The molecule has 2 aromatic heterocycles. The van der Waals surface area contributed by atoms with Gasteiger partial charge in [0.05, 0.1) is 32.0 Å². The Morgan fingerprint density at radius 1 is 1.43 bits per heavy atom. The minimum absolute atomic E-state index is 0.0562. The third-order valence-electron chi connectivity index (χ3n) is 3.70. The molecule has 0 unspecified atom stereocenters. The first-order chi connectivity index (χ1) is 11.1. The zero-order valence-electron chi connectivity index (χ0n) is 13.4. The highest BCUT2D eigenvalue weighted by molar-refractivity contribution is 5.88. The molecule has 1 fully saturated rings. The Morgan fingerprint density at radius 3 is 3.04 bits per heavy atom. The Labute approximate surface area is 135 Å². The van der Waals surface area contributed by atoms with Crippen LogP contribution in [-0.4, -0.2) is 51.5 Å². The van der Waals surface area contributed by atoms with Gasteiger partial charge >= 0.3 is 6.03 Å². The molecule has 0 bridgehead atoms. The molecule has 3 heterocycles. The number of morpholine rings is 1. The van der Waals surface area contributed by atoms with Gasteiger partial charge in [0.15, 0.2) is 0 Å². The van der Waals surface area contributed by atoms with Gasteiger partial charge in [0.1, 0.15) is 5.82 Å². The van der Waals surface area contributed by atoms with Crippen molar-refractivity contribution >= 4 is 11.8 Å². The maximum absolute atomic E-state index is 12.4. The molecule has 3 rings (SSSR count). The van der Waals surface area contributed by atoms with Gasteiger partial charge in [-0.25, -0.2) is 9.78 Å². The summed E-state index contributed by atoms with van der Waals surface area (Å²) in [5.74, 6) is 0.570. The average Bonchev–Trinajstić information content (AvgIpc) is 2.92. The molecule has 1 N–H and O–H groups in total. The van der Waals surface area contributed by atoms with Crippen LogP contribution in [0.5, 0.6) is 0 Å². The van der Waals surface area contributed by atoms with Gasteiger partial charge in [0, 0.05) is 18.4 Å². The lowest BCUT2D eigenvalue weighted by atomic mass is 10.3. The molecule has 0 radical (unpaired) electrons. The van der Waals surface area contributed by atoms with Crippen LogP contribution in [0.2, 0.25) is 0 Å². The third kappa shape index (κ3) is 4.07. The summed E-state index contributed by atoms with van der Waals surface area (Å²) in [5, 5.41) is 7.10. The van der Waals surface area contributed by atoms with Crippen molar-refractivity contribution in [1.82, 2.24) is 19.7 Å². The van der Waals surface area contributed by atoms with Crippen molar-refractivity contribution < 1.29 is 9.53 Å². The Morgan fingerprint density at radius 2 is 2.30 bits per heavy atom. The summed E-state index contributed by atoms with van der Waals surface area (Å²) in [4.78, 5) is 18.4. The number of carbonyl (C=O) groups excluding carboxylic acids is 1. The Kier molecular flexibility index (Phi) is 4.57. The van der Waals surface area contributed by atoms with E-state index >= 15 is 0 Å². The van der Waals surface area contributed by atoms with Gasteiger partial charge in [-0.1, -0.05) is 6.07 Å². The van der Waals surface area contributed by atoms with E-state index in [9.17, 15) is 4.79 Å². The van der Waals surface area contributed by atoms with Crippen LogP contribution in [0.1, 0.15) is 11.3 Å². The lowest BCUT2D eigenvalue weighted by Gasteiger charge is -2.32. The number of aryl methyl sites for hydroxylation is 2. The zero-order valence-corrected chi connectivity index (χ0v) is 13.4. The fraction of sp³-hybridized carbons (Fsp3) is 0.438. The van der Waals surface area contributed by atoms with E-state index in [0.717, 1.165) is 11.3 Å². The molecule has 1 saturated heterocycles. The number of hydrogen-bond donors (Lipinski definition) is 1. The number of ether oxygens (including phenoxy) is 1. The van der Waals surface area contributed by atoms with Crippen molar-refractivity contribution in [1.29, 1.82) is 0 Å². The number of carbonyl (C=O) groups is 1. The molecular weight excluding hydrogens is 294 g/mol. The fourth-order valence-corrected chi connectivity index (χ4v) is 2.59. The number of aromatic nitrogens is 3. The van der Waals surface area contributed by atoms with E-state index in [4.69, 9.17) is 4.74 Å². The van der Waals surface area contributed by atoms with Gasteiger partial charge < -0.3 is 9.64 Å². The Balaban J connectivity index is 1.58. The van der Waals surface area contributed by atoms with Crippen molar-refractivity contribution in [2.75, 3.05) is 25.0 Å². The first-order valence-electron chi connectivity index (χ1n) is 7.70. The SMILES string of the molecule is Cc1cnn(C[C@H]2CN(C(=O)Nc3cccc(C)n3)CCO2)c1. The van der Waals surface area contributed by atoms with Crippen LogP contribution in [0.4, 0.5) is 10.6 Å². The number of amides is 2. The van der Waals surface area contributed by atoms with Crippen LogP contribution in [0.3, 0.4) is 0 Å². The molecular formula is C16H21N5O2. The molecule has 1 aliphatic heterocycles. The van der Waals surface area contributed by atoms with Gasteiger partial charge in [-0.05, 0) is 31.5 Å². The largest absolute Gasteiger partial charge is 0.373 e. The van der Waals surface area contributed by atoms with Gasteiger partial charge in [-0.3, -0.25) is 10.00 Å². The highest BCUT2D eigenvalue weighted by atomic mass is 16.5. The maximum atomic E-state index is 12.4. The first kappa shape index (κ1) is 15.5. The minimum atomic E-state index is -0.145. The van der Waals surface area contributed by atoms with Gasteiger partial charge in [0.25, 0.3) is 0 Å². The van der Waals surface area contributed by atoms with E-state index in [1.54, 1.807) is 11.0 Å². The number of nitrogens with zero attached hydrogens (tertiary/aromatic N) is 4. The second kappa shape index (κ2) is 6.78. The maximum Gasteiger partial charge on any atom is 0.323 e. The van der Waals surface area contributed by atoms with Crippen molar-refractivity contribution in [2.24, 2.45) is 0 Å². The molecule has 7 nitrogen and oxygen atoms in total. The molecule has 0 saturated carbocycles. The predicted molar refractivity (Wildman–Crippen MR) is 86.3 cm³/mol. The van der Waals surface area contributed by atoms with Crippen LogP contribution in [0.25, 0.3) is 0 Å². The third-order valence-corrected chi connectivity index (χ3v) is 3.70. The number of rotatable bonds is 3.